The highest BCUT2D eigenvalue weighted by Crippen LogP contribution is 2.23. The fourth-order valence-electron chi connectivity index (χ4n) is 2.70. The van der Waals surface area contributed by atoms with Crippen LogP contribution < -0.4 is 5.32 Å². The molecular weight excluding hydrogens is 302 g/mol. The number of alkyl halides is 1. The molecule has 2 rings (SSSR count). The molecular formula is C16H22BrNO. The van der Waals surface area contributed by atoms with Crippen LogP contribution in [-0.2, 0) is 16.7 Å². The molecule has 1 aromatic carbocycles. The second kappa shape index (κ2) is 7.68. The predicted octanol–water partition coefficient (Wildman–Crippen LogP) is 4.17. The molecule has 0 saturated heterocycles. The SMILES string of the molecule is O=C(NCc1cccc(CBr)c1)C1CCCCCC1. The summed E-state index contributed by atoms with van der Waals surface area (Å²) in [6.07, 6.45) is 7.11. The summed E-state index contributed by atoms with van der Waals surface area (Å²) >= 11 is 3.46. The van der Waals surface area contributed by atoms with E-state index in [1.807, 2.05) is 6.07 Å². The van der Waals surface area contributed by atoms with Crippen LogP contribution in [0.3, 0.4) is 0 Å². The molecule has 1 amide bonds. The van der Waals surface area contributed by atoms with Gasteiger partial charge in [0, 0.05) is 17.8 Å². The first kappa shape index (κ1) is 14.6. The van der Waals surface area contributed by atoms with Crippen LogP contribution in [0.5, 0.6) is 0 Å². The van der Waals surface area contributed by atoms with Crippen LogP contribution in [-0.4, -0.2) is 5.91 Å². The van der Waals surface area contributed by atoms with E-state index in [1.165, 1.54) is 36.8 Å². The molecule has 0 spiro atoms. The molecule has 0 aliphatic heterocycles. The Morgan fingerprint density at radius 2 is 1.84 bits per heavy atom. The van der Waals surface area contributed by atoms with Crippen molar-refractivity contribution in [3.05, 3.63) is 35.4 Å². The number of benzene rings is 1. The Hall–Kier alpha value is -0.830. The number of amides is 1. The summed E-state index contributed by atoms with van der Waals surface area (Å²) in [6.45, 7) is 0.649. The zero-order valence-corrected chi connectivity index (χ0v) is 12.9. The minimum Gasteiger partial charge on any atom is -0.352 e. The summed E-state index contributed by atoms with van der Waals surface area (Å²) in [5.74, 6) is 0.480. The number of carbonyl (C=O) groups is 1. The Labute approximate surface area is 124 Å². The molecule has 1 aliphatic rings. The predicted molar refractivity (Wildman–Crippen MR) is 82.1 cm³/mol. The zero-order valence-electron chi connectivity index (χ0n) is 11.3. The Morgan fingerprint density at radius 3 is 2.53 bits per heavy atom. The number of rotatable bonds is 4. The van der Waals surface area contributed by atoms with E-state index >= 15 is 0 Å². The lowest BCUT2D eigenvalue weighted by Gasteiger charge is -2.14. The van der Waals surface area contributed by atoms with Gasteiger partial charge in [0.1, 0.15) is 0 Å². The van der Waals surface area contributed by atoms with Gasteiger partial charge in [-0.3, -0.25) is 4.79 Å². The van der Waals surface area contributed by atoms with Crippen molar-refractivity contribution < 1.29 is 4.79 Å². The van der Waals surface area contributed by atoms with Crippen LogP contribution in [0.2, 0.25) is 0 Å². The van der Waals surface area contributed by atoms with Crippen molar-refractivity contribution >= 4 is 21.8 Å². The van der Waals surface area contributed by atoms with Crippen LogP contribution >= 0.6 is 15.9 Å². The molecule has 19 heavy (non-hydrogen) atoms. The number of hydrogen-bond acceptors (Lipinski definition) is 1. The van der Waals surface area contributed by atoms with Gasteiger partial charge < -0.3 is 5.32 Å². The van der Waals surface area contributed by atoms with Gasteiger partial charge in [-0.15, -0.1) is 0 Å². The number of nitrogens with one attached hydrogen (secondary N) is 1. The lowest BCUT2D eigenvalue weighted by molar-refractivity contribution is -0.125. The van der Waals surface area contributed by atoms with Crippen LogP contribution in [0, 0.1) is 5.92 Å². The smallest absolute Gasteiger partial charge is 0.223 e. The first-order valence-electron chi connectivity index (χ1n) is 7.21. The van der Waals surface area contributed by atoms with Crippen molar-refractivity contribution in [3.8, 4) is 0 Å². The van der Waals surface area contributed by atoms with E-state index < -0.39 is 0 Å². The topological polar surface area (TPSA) is 29.1 Å². The van der Waals surface area contributed by atoms with Crippen molar-refractivity contribution in [1.82, 2.24) is 5.32 Å². The Morgan fingerprint density at radius 1 is 1.16 bits per heavy atom. The monoisotopic (exact) mass is 323 g/mol. The Balaban J connectivity index is 1.84. The molecule has 1 N–H and O–H groups in total. The number of hydrogen-bond donors (Lipinski definition) is 1. The van der Waals surface area contributed by atoms with Gasteiger partial charge in [-0.2, -0.15) is 0 Å². The van der Waals surface area contributed by atoms with E-state index in [1.54, 1.807) is 0 Å². The number of halogens is 1. The first-order chi connectivity index (χ1) is 9.29. The highest BCUT2D eigenvalue weighted by molar-refractivity contribution is 9.08. The Kier molecular flexibility index (Phi) is 5.90. The lowest BCUT2D eigenvalue weighted by atomic mass is 9.99. The minimum atomic E-state index is 0.238. The average Bonchev–Trinajstić information content (AvgIpc) is 2.74. The largest absolute Gasteiger partial charge is 0.352 e. The normalized spacial score (nSPS) is 16.9. The average molecular weight is 324 g/mol. The quantitative estimate of drug-likeness (QED) is 0.654. The standard InChI is InChI=1S/C16H22BrNO/c17-11-13-6-5-7-14(10-13)12-18-16(19)15-8-3-1-2-4-9-15/h5-7,10,15H,1-4,8-9,11-12H2,(H,18,19). The van der Waals surface area contributed by atoms with E-state index in [0.717, 1.165) is 18.2 Å². The molecule has 0 heterocycles. The molecule has 0 atom stereocenters. The van der Waals surface area contributed by atoms with Crippen molar-refractivity contribution in [1.29, 1.82) is 0 Å². The van der Waals surface area contributed by atoms with E-state index in [0.29, 0.717) is 6.54 Å². The molecule has 3 heteroatoms. The fourth-order valence-corrected chi connectivity index (χ4v) is 3.05. The molecule has 1 saturated carbocycles. The Bertz CT molecular complexity index is 411. The molecule has 0 radical (unpaired) electrons. The molecule has 0 aromatic heterocycles. The zero-order chi connectivity index (χ0) is 13.5. The first-order valence-corrected chi connectivity index (χ1v) is 8.33. The van der Waals surface area contributed by atoms with E-state index in [9.17, 15) is 4.79 Å². The third kappa shape index (κ3) is 4.64. The fraction of sp³-hybridized carbons (Fsp3) is 0.562. The second-order valence-electron chi connectivity index (χ2n) is 5.36. The molecule has 104 valence electrons. The molecule has 1 aromatic rings. The third-order valence-electron chi connectivity index (χ3n) is 3.84. The van der Waals surface area contributed by atoms with Gasteiger partial charge in [-0.1, -0.05) is 65.9 Å². The maximum absolute atomic E-state index is 12.2. The van der Waals surface area contributed by atoms with Crippen LogP contribution in [0.4, 0.5) is 0 Å². The minimum absolute atomic E-state index is 0.238. The molecule has 1 fully saturated rings. The van der Waals surface area contributed by atoms with E-state index in [4.69, 9.17) is 0 Å². The summed E-state index contributed by atoms with van der Waals surface area (Å²) in [4.78, 5) is 12.2. The summed E-state index contributed by atoms with van der Waals surface area (Å²) in [7, 11) is 0. The van der Waals surface area contributed by atoms with Gasteiger partial charge in [0.2, 0.25) is 5.91 Å². The van der Waals surface area contributed by atoms with E-state index in [2.05, 4.69) is 39.4 Å². The maximum Gasteiger partial charge on any atom is 0.223 e. The van der Waals surface area contributed by atoms with E-state index in [-0.39, 0.29) is 11.8 Å². The highest BCUT2D eigenvalue weighted by atomic mass is 79.9. The van der Waals surface area contributed by atoms with Gasteiger partial charge in [0.15, 0.2) is 0 Å². The molecule has 2 nitrogen and oxygen atoms in total. The van der Waals surface area contributed by atoms with Crippen molar-refractivity contribution in [3.63, 3.8) is 0 Å². The highest BCUT2D eigenvalue weighted by Gasteiger charge is 2.19. The summed E-state index contributed by atoms with van der Waals surface area (Å²) in [5.41, 5.74) is 2.43. The molecule has 1 aliphatic carbocycles. The van der Waals surface area contributed by atoms with Crippen molar-refractivity contribution in [2.45, 2.75) is 50.4 Å². The number of carbonyl (C=O) groups excluding carboxylic acids is 1. The van der Waals surface area contributed by atoms with Gasteiger partial charge in [-0.05, 0) is 24.0 Å². The van der Waals surface area contributed by atoms with Gasteiger partial charge in [0.25, 0.3) is 0 Å². The van der Waals surface area contributed by atoms with Gasteiger partial charge in [0.05, 0.1) is 0 Å². The summed E-state index contributed by atoms with van der Waals surface area (Å²) in [6, 6.07) is 8.34. The van der Waals surface area contributed by atoms with Crippen molar-refractivity contribution in [2.75, 3.05) is 0 Å². The maximum atomic E-state index is 12.2. The third-order valence-corrected chi connectivity index (χ3v) is 4.49. The summed E-state index contributed by atoms with van der Waals surface area (Å²) in [5, 5.41) is 3.95. The van der Waals surface area contributed by atoms with Gasteiger partial charge in [-0.25, -0.2) is 0 Å². The molecule has 0 unspecified atom stereocenters. The molecule has 0 bridgehead atoms. The second-order valence-corrected chi connectivity index (χ2v) is 5.92. The van der Waals surface area contributed by atoms with Crippen LogP contribution in [0.1, 0.15) is 49.7 Å². The summed E-state index contributed by atoms with van der Waals surface area (Å²) < 4.78 is 0. The van der Waals surface area contributed by atoms with Crippen LogP contribution in [0.15, 0.2) is 24.3 Å². The van der Waals surface area contributed by atoms with Crippen LogP contribution in [0.25, 0.3) is 0 Å². The van der Waals surface area contributed by atoms with Crippen molar-refractivity contribution in [2.24, 2.45) is 5.92 Å². The van der Waals surface area contributed by atoms with Gasteiger partial charge >= 0.3 is 0 Å². The lowest BCUT2D eigenvalue weighted by Crippen LogP contribution is -2.30.